The standard InChI is InChI=1S/C16H18O.2ClH.Ti/c1-16(2,3)13-8-6-7-12(11-13)14-9-4-5-10-15(14)17;;;/h4-11,17H,1-3H3;2*1H;/q;;;+1/p-1. The molecule has 0 aromatic heterocycles. The maximum atomic E-state index is 5.43. The van der Waals surface area contributed by atoms with Crippen LogP contribution in [0.5, 0.6) is 5.75 Å². The van der Waals surface area contributed by atoms with Gasteiger partial charge in [-0.25, -0.2) is 0 Å². The molecule has 20 heavy (non-hydrogen) atoms. The number of rotatable bonds is 2. The topological polar surface area (TPSA) is 9.23 Å². The van der Waals surface area contributed by atoms with Crippen molar-refractivity contribution in [2.24, 2.45) is 0 Å². The summed E-state index contributed by atoms with van der Waals surface area (Å²) in [5.74, 6) is 0.920. The largest absolute Gasteiger partial charge is 0.147 e. The molecule has 0 fully saturated rings. The van der Waals surface area contributed by atoms with Gasteiger partial charge < -0.3 is 0 Å². The van der Waals surface area contributed by atoms with E-state index in [1.807, 2.05) is 18.2 Å². The summed E-state index contributed by atoms with van der Waals surface area (Å²) < 4.78 is 5.43. The van der Waals surface area contributed by atoms with Crippen molar-refractivity contribution in [1.29, 1.82) is 0 Å². The SMILES string of the molecule is CC(C)(C)c1cccc(-c2ccccc2[O][Ti])c1.Cl.Cl. The molecule has 0 aliphatic heterocycles. The van der Waals surface area contributed by atoms with Crippen LogP contribution in [0.2, 0.25) is 0 Å². The molecule has 0 saturated heterocycles. The summed E-state index contributed by atoms with van der Waals surface area (Å²) in [6, 6.07) is 16.8. The molecule has 1 nitrogen and oxygen atoms in total. The van der Waals surface area contributed by atoms with Crippen molar-refractivity contribution in [3.63, 3.8) is 0 Å². The Kier molecular flexibility index (Phi) is 7.91. The maximum Gasteiger partial charge on any atom is -0.147 e. The summed E-state index contributed by atoms with van der Waals surface area (Å²) in [7, 11) is 0. The first-order valence-corrected chi connectivity index (χ1v) is 6.69. The minimum atomic E-state index is 0. The maximum absolute atomic E-state index is 5.43. The quantitative estimate of drug-likeness (QED) is 0.668. The minimum absolute atomic E-state index is 0. The van der Waals surface area contributed by atoms with Gasteiger partial charge in [0.2, 0.25) is 0 Å². The number of hydrogen-bond acceptors (Lipinski definition) is 1. The van der Waals surface area contributed by atoms with Crippen molar-refractivity contribution >= 4 is 24.8 Å². The Morgan fingerprint density at radius 1 is 0.900 bits per heavy atom. The van der Waals surface area contributed by atoms with E-state index in [0.717, 1.165) is 11.3 Å². The number of hydrogen-bond donors (Lipinski definition) is 0. The first kappa shape index (κ1) is 19.5. The van der Waals surface area contributed by atoms with Gasteiger partial charge in [-0.15, -0.1) is 24.8 Å². The number of halogens is 2. The molecule has 0 aliphatic rings. The molecule has 0 amide bonds. The summed E-state index contributed by atoms with van der Waals surface area (Å²) in [6.07, 6.45) is 0. The first-order valence-electron chi connectivity index (χ1n) is 6.06. The molecule has 0 saturated carbocycles. The predicted octanol–water partition coefficient (Wildman–Crippen LogP) is 5.34. The van der Waals surface area contributed by atoms with E-state index in [1.54, 1.807) is 20.8 Å². The third-order valence-corrected chi connectivity index (χ3v) is 3.38. The molecule has 2 rings (SSSR count). The van der Waals surface area contributed by atoms with Crippen molar-refractivity contribution in [2.75, 3.05) is 0 Å². The Morgan fingerprint density at radius 3 is 2.15 bits per heavy atom. The van der Waals surface area contributed by atoms with Gasteiger partial charge in [0.25, 0.3) is 0 Å². The molecule has 0 heterocycles. The van der Waals surface area contributed by atoms with Crippen LogP contribution in [0.25, 0.3) is 11.1 Å². The van der Waals surface area contributed by atoms with Crippen molar-refractivity contribution in [1.82, 2.24) is 0 Å². The minimum Gasteiger partial charge on any atom is -0.147 e. The van der Waals surface area contributed by atoms with Gasteiger partial charge in [-0.2, -0.15) is 0 Å². The monoisotopic (exact) mass is 345 g/mol. The fourth-order valence-corrected chi connectivity index (χ4v) is 2.23. The van der Waals surface area contributed by atoms with Crippen LogP contribution in [0.4, 0.5) is 0 Å². The van der Waals surface area contributed by atoms with Crippen LogP contribution in [-0.2, 0) is 26.2 Å². The molecule has 2 aromatic carbocycles. The molecule has 0 atom stereocenters. The number of benzene rings is 2. The average molecular weight is 346 g/mol. The Labute approximate surface area is 145 Å². The second-order valence-corrected chi connectivity index (χ2v) is 5.75. The summed E-state index contributed by atoms with van der Waals surface area (Å²) in [5.41, 5.74) is 3.86. The summed E-state index contributed by atoms with van der Waals surface area (Å²) in [4.78, 5) is 0. The van der Waals surface area contributed by atoms with E-state index < -0.39 is 0 Å². The zero-order valence-corrected chi connectivity index (χ0v) is 15.0. The molecule has 4 heteroatoms. The van der Waals surface area contributed by atoms with Gasteiger partial charge in [0.15, 0.2) is 0 Å². The molecule has 0 unspecified atom stereocenters. The Bertz CT molecular complexity index is 550. The average Bonchev–Trinajstić information content (AvgIpc) is 2.38. The molecule has 107 valence electrons. The van der Waals surface area contributed by atoms with E-state index in [1.165, 1.54) is 11.1 Å². The van der Waals surface area contributed by atoms with E-state index in [-0.39, 0.29) is 30.2 Å². The predicted molar refractivity (Wildman–Crippen MR) is 85.7 cm³/mol. The third-order valence-electron chi connectivity index (χ3n) is 3.04. The van der Waals surface area contributed by atoms with Crippen molar-refractivity contribution < 1.29 is 24.1 Å². The molecular weight excluding hydrogens is 327 g/mol. The van der Waals surface area contributed by atoms with Crippen LogP contribution in [-0.4, -0.2) is 0 Å². The molecule has 0 spiro atoms. The van der Waals surface area contributed by atoms with Crippen LogP contribution in [0, 0.1) is 0 Å². The van der Waals surface area contributed by atoms with E-state index in [2.05, 4.69) is 51.1 Å². The Morgan fingerprint density at radius 2 is 1.55 bits per heavy atom. The van der Waals surface area contributed by atoms with Gasteiger partial charge in [-0.3, -0.25) is 0 Å². The van der Waals surface area contributed by atoms with E-state index >= 15 is 0 Å². The van der Waals surface area contributed by atoms with Gasteiger partial charge in [-0.1, -0.05) is 0 Å². The van der Waals surface area contributed by atoms with Crippen molar-refractivity contribution in [2.45, 2.75) is 26.2 Å². The molecule has 0 bridgehead atoms. The summed E-state index contributed by atoms with van der Waals surface area (Å²) in [6.45, 7) is 6.69. The van der Waals surface area contributed by atoms with Crippen LogP contribution in [0.1, 0.15) is 26.3 Å². The van der Waals surface area contributed by atoms with Gasteiger partial charge in [0, 0.05) is 0 Å². The summed E-state index contributed by atoms with van der Waals surface area (Å²) >= 11 is 1.71. The van der Waals surface area contributed by atoms with Crippen molar-refractivity contribution in [3.05, 3.63) is 54.1 Å². The van der Waals surface area contributed by atoms with Crippen LogP contribution < -0.4 is 3.32 Å². The fraction of sp³-hybridized carbons (Fsp3) is 0.250. The molecule has 0 N–H and O–H groups in total. The van der Waals surface area contributed by atoms with Crippen LogP contribution >= 0.6 is 24.8 Å². The molecular formula is C16H19Cl2OTi. The fourth-order valence-electron chi connectivity index (χ4n) is 1.95. The normalized spacial score (nSPS) is 10.1. The van der Waals surface area contributed by atoms with Gasteiger partial charge in [-0.05, 0) is 0 Å². The van der Waals surface area contributed by atoms with Crippen LogP contribution in [0.15, 0.2) is 48.5 Å². The third kappa shape index (κ3) is 4.53. The van der Waals surface area contributed by atoms with Crippen LogP contribution in [0.3, 0.4) is 0 Å². The van der Waals surface area contributed by atoms with Gasteiger partial charge in [0.05, 0.1) is 0 Å². The smallest absolute Gasteiger partial charge is 0.147 e. The first-order chi connectivity index (χ1) is 8.52. The molecule has 0 aliphatic carbocycles. The van der Waals surface area contributed by atoms with Crippen molar-refractivity contribution in [3.8, 4) is 16.9 Å². The Balaban J connectivity index is 0.00000180. The number of para-hydroxylation sites is 1. The second-order valence-electron chi connectivity index (χ2n) is 5.43. The van der Waals surface area contributed by atoms with E-state index in [9.17, 15) is 0 Å². The molecule has 2 aromatic rings. The van der Waals surface area contributed by atoms with Gasteiger partial charge >= 0.3 is 121 Å². The van der Waals surface area contributed by atoms with Gasteiger partial charge in [0.1, 0.15) is 0 Å². The van der Waals surface area contributed by atoms with E-state index in [4.69, 9.17) is 3.32 Å². The zero-order valence-electron chi connectivity index (χ0n) is 11.8. The summed E-state index contributed by atoms with van der Waals surface area (Å²) in [5, 5.41) is 0. The molecule has 0 radical (unpaired) electrons. The second kappa shape index (κ2) is 8.09. The Hall–Kier alpha value is -0.466. The zero-order chi connectivity index (χ0) is 13.2. The van der Waals surface area contributed by atoms with E-state index in [0.29, 0.717) is 0 Å².